The normalized spacial score (nSPS) is 10.5. The lowest BCUT2D eigenvalue weighted by molar-refractivity contribution is 0.727. The van der Waals surface area contributed by atoms with Crippen LogP contribution < -0.4 is 10.6 Å². The molecule has 1 aromatic rings. The number of benzene rings is 1. The molecule has 0 fully saturated rings. The fourth-order valence-electron chi connectivity index (χ4n) is 2.11. The van der Waals surface area contributed by atoms with Crippen molar-refractivity contribution in [2.24, 2.45) is 5.73 Å². The molecule has 0 saturated heterocycles. The van der Waals surface area contributed by atoms with Gasteiger partial charge >= 0.3 is 0 Å². The van der Waals surface area contributed by atoms with E-state index >= 15 is 0 Å². The van der Waals surface area contributed by atoms with Gasteiger partial charge in [0.05, 0.1) is 0 Å². The lowest BCUT2D eigenvalue weighted by atomic mass is 10.1. The molecular formula is C14H24N2. The lowest BCUT2D eigenvalue weighted by Crippen LogP contribution is -2.26. The number of nitrogens with zero attached hydrogens (tertiary/aromatic N) is 1. The average Bonchev–Trinajstić information content (AvgIpc) is 2.31. The van der Waals surface area contributed by atoms with Crippen LogP contribution in [-0.2, 0) is 6.54 Å². The molecule has 0 spiro atoms. The number of hydrogen-bond acceptors (Lipinski definition) is 2. The van der Waals surface area contributed by atoms with Gasteiger partial charge in [0.2, 0.25) is 0 Å². The summed E-state index contributed by atoms with van der Waals surface area (Å²) in [6.07, 6.45) is 2.48. The molecule has 1 rings (SSSR count). The highest BCUT2D eigenvalue weighted by molar-refractivity contribution is 5.59. The van der Waals surface area contributed by atoms with Crippen molar-refractivity contribution in [3.05, 3.63) is 29.3 Å². The van der Waals surface area contributed by atoms with Crippen molar-refractivity contribution in [3.63, 3.8) is 0 Å². The molecule has 2 N–H and O–H groups in total. The molecule has 0 amide bonds. The second kappa shape index (κ2) is 6.54. The van der Waals surface area contributed by atoms with E-state index in [1.54, 1.807) is 0 Å². The highest BCUT2D eigenvalue weighted by atomic mass is 15.1. The monoisotopic (exact) mass is 220 g/mol. The molecule has 0 heterocycles. The number of nitrogens with two attached hydrogens (primary N) is 1. The first kappa shape index (κ1) is 13.0. The van der Waals surface area contributed by atoms with E-state index in [2.05, 4.69) is 43.9 Å². The van der Waals surface area contributed by atoms with E-state index in [0.29, 0.717) is 6.54 Å². The summed E-state index contributed by atoms with van der Waals surface area (Å²) in [6, 6.07) is 6.40. The van der Waals surface area contributed by atoms with E-state index in [1.165, 1.54) is 29.7 Å². The Bertz CT molecular complexity index is 321. The topological polar surface area (TPSA) is 29.3 Å². The van der Waals surface area contributed by atoms with Crippen molar-refractivity contribution in [1.82, 2.24) is 0 Å². The zero-order valence-corrected chi connectivity index (χ0v) is 10.8. The first-order valence-electron chi connectivity index (χ1n) is 6.28. The molecule has 0 aliphatic carbocycles. The minimum absolute atomic E-state index is 0.625. The van der Waals surface area contributed by atoms with Crippen LogP contribution in [0.1, 0.15) is 37.8 Å². The Morgan fingerprint density at radius 2 is 2.00 bits per heavy atom. The minimum atomic E-state index is 0.625. The van der Waals surface area contributed by atoms with Gasteiger partial charge in [0.25, 0.3) is 0 Å². The van der Waals surface area contributed by atoms with Gasteiger partial charge < -0.3 is 10.6 Å². The Hall–Kier alpha value is -1.02. The van der Waals surface area contributed by atoms with Crippen molar-refractivity contribution in [1.29, 1.82) is 0 Å². The van der Waals surface area contributed by atoms with Crippen LogP contribution in [0.5, 0.6) is 0 Å². The molecule has 0 radical (unpaired) electrons. The quantitative estimate of drug-likeness (QED) is 0.798. The third-order valence-electron chi connectivity index (χ3n) is 3.02. The summed E-state index contributed by atoms with van der Waals surface area (Å²) >= 11 is 0. The number of aryl methyl sites for hydroxylation is 1. The van der Waals surface area contributed by atoms with Gasteiger partial charge in [0, 0.05) is 25.3 Å². The molecule has 0 aliphatic heterocycles. The van der Waals surface area contributed by atoms with Crippen LogP contribution >= 0.6 is 0 Å². The summed E-state index contributed by atoms with van der Waals surface area (Å²) in [5.41, 5.74) is 9.76. The molecule has 0 aromatic heterocycles. The largest absolute Gasteiger partial charge is 0.371 e. The summed E-state index contributed by atoms with van der Waals surface area (Å²) in [4.78, 5) is 2.45. The van der Waals surface area contributed by atoms with Crippen molar-refractivity contribution in [3.8, 4) is 0 Å². The van der Waals surface area contributed by atoms with Crippen LogP contribution in [0.2, 0.25) is 0 Å². The Labute approximate surface area is 99.5 Å². The number of hydrogen-bond donors (Lipinski definition) is 1. The Balaban J connectivity index is 2.97. The fraction of sp³-hybridized carbons (Fsp3) is 0.571. The van der Waals surface area contributed by atoms with Crippen molar-refractivity contribution in [2.75, 3.05) is 18.0 Å². The van der Waals surface area contributed by atoms with Crippen LogP contribution in [0.15, 0.2) is 18.2 Å². The number of rotatable bonds is 6. The highest BCUT2D eigenvalue weighted by Gasteiger charge is 2.10. The Kier molecular flexibility index (Phi) is 5.33. The van der Waals surface area contributed by atoms with Crippen molar-refractivity contribution in [2.45, 2.75) is 40.2 Å². The zero-order valence-electron chi connectivity index (χ0n) is 10.8. The summed E-state index contributed by atoms with van der Waals surface area (Å²) in [7, 11) is 0. The third-order valence-corrected chi connectivity index (χ3v) is 3.02. The molecule has 2 heteroatoms. The summed E-state index contributed by atoms with van der Waals surface area (Å²) in [5.74, 6) is 0. The second-order valence-corrected chi connectivity index (χ2v) is 4.22. The van der Waals surface area contributed by atoms with Crippen LogP contribution in [0, 0.1) is 6.92 Å². The van der Waals surface area contributed by atoms with Crippen LogP contribution in [0.4, 0.5) is 5.69 Å². The smallest absolute Gasteiger partial charge is 0.0441 e. The average molecular weight is 220 g/mol. The molecular weight excluding hydrogens is 196 g/mol. The molecule has 0 atom stereocenters. The van der Waals surface area contributed by atoms with Gasteiger partial charge in [-0.3, -0.25) is 0 Å². The van der Waals surface area contributed by atoms with E-state index in [1.807, 2.05) is 0 Å². The first-order valence-corrected chi connectivity index (χ1v) is 6.28. The zero-order chi connectivity index (χ0) is 12.0. The van der Waals surface area contributed by atoms with Gasteiger partial charge in [-0.05, 0) is 31.4 Å². The Morgan fingerprint density at radius 3 is 2.56 bits per heavy atom. The molecule has 90 valence electrons. The molecule has 0 unspecified atom stereocenters. The minimum Gasteiger partial charge on any atom is -0.371 e. The molecule has 0 aliphatic rings. The SMILES string of the molecule is CCCCN(CC)c1c(C)cccc1CN. The van der Waals surface area contributed by atoms with Crippen molar-refractivity contribution < 1.29 is 0 Å². The summed E-state index contributed by atoms with van der Waals surface area (Å²) in [6.45, 7) is 9.42. The maximum Gasteiger partial charge on any atom is 0.0441 e. The van der Waals surface area contributed by atoms with Gasteiger partial charge in [-0.2, -0.15) is 0 Å². The predicted molar refractivity (Wildman–Crippen MR) is 71.9 cm³/mol. The second-order valence-electron chi connectivity index (χ2n) is 4.22. The first-order chi connectivity index (χ1) is 7.74. The van der Waals surface area contributed by atoms with E-state index in [4.69, 9.17) is 5.73 Å². The molecule has 1 aromatic carbocycles. The number of unbranched alkanes of at least 4 members (excludes halogenated alkanes) is 1. The summed E-state index contributed by atoms with van der Waals surface area (Å²) in [5, 5.41) is 0. The molecule has 16 heavy (non-hydrogen) atoms. The third kappa shape index (κ3) is 2.99. The van der Waals surface area contributed by atoms with Gasteiger partial charge in [-0.15, -0.1) is 0 Å². The number of anilines is 1. The molecule has 0 saturated carbocycles. The van der Waals surface area contributed by atoms with E-state index in [-0.39, 0.29) is 0 Å². The standard InChI is InChI=1S/C14H24N2/c1-4-6-10-16(5-2)14-12(3)8-7-9-13(14)11-15/h7-9H,4-6,10-11,15H2,1-3H3. The van der Waals surface area contributed by atoms with E-state index in [0.717, 1.165) is 13.1 Å². The summed E-state index contributed by atoms with van der Waals surface area (Å²) < 4.78 is 0. The predicted octanol–water partition coefficient (Wildman–Crippen LogP) is 3.08. The van der Waals surface area contributed by atoms with Crippen LogP contribution in [0.3, 0.4) is 0 Å². The maximum atomic E-state index is 5.81. The maximum absolute atomic E-state index is 5.81. The van der Waals surface area contributed by atoms with Gasteiger partial charge in [-0.1, -0.05) is 31.5 Å². The molecule has 2 nitrogen and oxygen atoms in total. The van der Waals surface area contributed by atoms with Crippen LogP contribution in [0.25, 0.3) is 0 Å². The van der Waals surface area contributed by atoms with Crippen molar-refractivity contribution >= 4 is 5.69 Å². The lowest BCUT2D eigenvalue weighted by Gasteiger charge is -2.27. The van der Waals surface area contributed by atoms with Gasteiger partial charge in [-0.25, -0.2) is 0 Å². The van der Waals surface area contributed by atoms with E-state index < -0.39 is 0 Å². The number of para-hydroxylation sites is 1. The van der Waals surface area contributed by atoms with Crippen LogP contribution in [-0.4, -0.2) is 13.1 Å². The van der Waals surface area contributed by atoms with E-state index in [9.17, 15) is 0 Å². The highest BCUT2D eigenvalue weighted by Crippen LogP contribution is 2.25. The molecule has 0 bridgehead atoms. The fourth-order valence-corrected chi connectivity index (χ4v) is 2.11. The van der Waals surface area contributed by atoms with Gasteiger partial charge in [0.1, 0.15) is 0 Å². The van der Waals surface area contributed by atoms with Gasteiger partial charge in [0.15, 0.2) is 0 Å². The Morgan fingerprint density at radius 1 is 1.25 bits per heavy atom.